The third kappa shape index (κ3) is 18.2. The molecule has 0 saturated carbocycles. The Kier molecular flexibility index (Phi) is 27.7. The Labute approximate surface area is 72.6 Å². The van der Waals surface area contributed by atoms with Crippen molar-refractivity contribution in [2.45, 2.75) is 0 Å². The molecule has 0 saturated heterocycles. The molecule has 0 fully saturated rings. The van der Waals surface area contributed by atoms with E-state index in [1.54, 1.807) is 6.08 Å². The molecule has 0 rings (SSSR count). The Balaban J connectivity index is -0.000000180. The Morgan fingerprint density at radius 2 is 1.89 bits per heavy atom. The summed E-state index contributed by atoms with van der Waals surface area (Å²) in [5.74, 6) is 0. The molecule has 0 aromatic carbocycles. The molecule has 56 valence electrons. The van der Waals surface area contributed by atoms with Gasteiger partial charge in [-0.1, -0.05) is 0 Å². The average molecular weight is 300 g/mol. The van der Waals surface area contributed by atoms with Crippen LogP contribution in [-0.2, 0) is 21.1 Å². The molecule has 0 spiro atoms. The normalized spacial score (nSPS) is 8.44. The molecule has 0 aliphatic heterocycles. The molecule has 0 amide bonds. The summed E-state index contributed by atoms with van der Waals surface area (Å²) in [7, 11) is 0. The van der Waals surface area contributed by atoms with Crippen LogP contribution in [0.25, 0.3) is 0 Å². The van der Waals surface area contributed by atoms with Gasteiger partial charge in [0, 0.05) is 21.1 Å². The van der Waals surface area contributed by atoms with E-state index in [0.29, 0.717) is 0 Å². The van der Waals surface area contributed by atoms with Gasteiger partial charge in [0.2, 0.25) is 0 Å². The van der Waals surface area contributed by atoms with E-state index in [4.69, 9.17) is 6.58 Å². The van der Waals surface area contributed by atoms with Crippen molar-refractivity contribution in [3.05, 3.63) is 51.3 Å². The maximum Gasteiger partial charge on any atom is 0 e. The largest absolute Gasteiger partial charge is 0.550 e. The molecule has 0 atom stereocenters. The summed E-state index contributed by atoms with van der Waals surface area (Å²) < 4.78 is 0. The van der Waals surface area contributed by atoms with Crippen molar-refractivity contribution in [2.75, 3.05) is 0 Å². The second-order valence-electron chi connectivity index (χ2n) is 0.848. The molecule has 9 heavy (non-hydrogen) atoms. The molecule has 1 heteroatoms. The maximum atomic E-state index is 4.93. The van der Waals surface area contributed by atoms with Crippen molar-refractivity contribution in [1.82, 2.24) is 0 Å². The number of allylic oxidation sites excluding steroid dienone is 5. The van der Waals surface area contributed by atoms with Gasteiger partial charge in [0.15, 0.2) is 0 Å². The first-order valence-electron chi connectivity index (χ1n) is 1.90. The van der Waals surface area contributed by atoms with E-state index < -0.39 is 0 Å². The van der Waals surface area contributed by atoms with Gasteiger partial charge in [0.05, 0.1) is 0 Å². The van der Waals surface area contributed by atoms with Crippen LogP contribution in [0.4, 0.5) is 0 Å². The Morgan fingerprint density at radius 3 is 2.22 bits per heavy atom. The summed E-state index contributed by atoms with van der Waals surface area (Å²) in [4.78, 5) is 0. The Hall–Kier alpha value is -0.222. The SMILES string of the molecule is [CH-]=C[C-]=C[C-]=C[CH2-].[CH3-].[Pt]. The van der Waals surface area contributed by atoms with Crippen molar-refractivity contribution >= 4 is 0 Å². The summed E-state index contributed by atoms with van der Waals surface area (Å²) in [5.41, 5.74) is 0. The summed E-state index contributed by atoms with van der Waals surface area (Å²) in [6.07, 6.45) is 9.68. The summed E-state index contributed by atoms with van der Waals surface area (Å²) in [5, 5.41) is 0. The van der Waals surface area contributed by atoms with Crippen LogP contribution in [-0.4, -0.2) is 0 Å². The summed E-state index contributed by atoms with van der Waals surface area (Å²) >= 11 is 0. The van der Waals surface area contributed by atoms with Gasteiger partial charge in [-0.2, -0.15) is 0 Å². The fourth-order valence-corrected chi connectivity index (χ4v) is 0.155. The Morgan fingerprint density at radius 1 is 1.33 bits per heavy atom. The number of rotatable bonds is 2. The van der Waals surface area contributed by atoms with E-state index in [1.165, 1.54) is 12.2 Å². The van der Waals surface area contributed by atoms with Gasteiger partial charge >= 0.3 is 0 Å². The molecule has 0 aromatic rings. The summed E-state index contributed by atoms with van der Waals surface area (Å²) in [6.45, 7) is 8.32. The van der Waals surface area contributed by atoms with Gasteiger partial charge in [-0.25, -0.2) is 0 Å². The quantitative estimate of drug-likeness (QED) is 0.540. The van der Waals surface area contributed by atoms with Crippen molar-refractivity contribution in [1.29, 1.82) is 0 Å². The van der Waals surface area contributed by atoms with Crippen LogP contribution in [0.3, 0.4) is 0 Å². The fourth-order valence-electron chi connectivity index (χ4n) is 0.155. The zero-order chi connectivity index (χ0) is 5.54. The van der Waals surface area contributed by atoms with Gasteiger partial charge in [-0.05, 0) is 0 Å². The third-order valence-corrected chi connectivity index (χ3v) is 0.381. The molecule has 0 unspecified atom stereocenters. The summed E-state index contributed by atoms with van der Waals surface area (Å²) in [6, 6.07) is 0. The molecular weight excluding hydrogens is 291 g/mol. The molecule has 0 aliphatic rings. The standard InChI is InChI=1S/C7H6.CH3.Pt/c1-3-5-7-6-4-2;;/h1,3-4,7H,2H2;1H3;/q-4;-1;. The Bertz CT molecular complexity index is 90.7. The zero-order valence-corrected chi connectivity index (χ0v) is 7.60. The van der Waals surface area contributed by atoms with Gasteiger partial charge < -0.3 is 51.3 Å². The third-order valence-electron chi connectivity index (χ3n) is 0.381. The van der Waals surface area contributed by atoms with Gasteiger partial charge in [0.25, 0.3) is 0 Å². The van der Waals surface area contributed by atoms with Crippen LogP contribution in [0.2, 0.25) is 0 Å². The van der Waals surface area contributed by atoms with Crippen molar-refractivity contribution in [3.8, 4) is 0 Å². The van der Waals surface area contributed by atoms with Crippen LogP contribution < -0.4 is 0 Å². The molecule has 0 aromatic heterocycles. The predicted octanol–water partition coefficient (Wildman–Crippen LogP) is 1.98. The first-order valence-corrected chi connectivity index (χ1v) is 1.90. The smallest absolute Gasteiger partial charge is 0 e. The molecule has 0 nitrogen and oxygen atoms in total. The average Bonchev–Trinajstić information content (AvgIpc) is 1.69. The molecule has 0 bridgehead atoms. The van der Waals surface area contributed by atoms with Gasteiger partial charge in [-0.15, -0.1) is 0 Å². The topological polar surface area (TPSA) is 0 Å². The maximum absolute atomic E-state index is 4.93. The number of hydrogen-bond donors (Lipinski definition) is 0. The van der Waals surface area contributed by atoms with Crippen molar-refractivity contribution in [3.63, 3.8) is 0 Å². The monoisotopic (exact) mass is 300 g/mol. The van der Waals surface area contributed by atoms with E-state index in [0.717, 1.165) is 0 Å². The molecule has 0 aliphatic carbocycles. The number of hydrogen-bond acceptors (Lipinski definition) is 0. The van der Waals surface area contributed by atoms with Crippen LogP contribution in [0, 0.1) is 33.1 Å². The minimum absolute atomic E-state index is 0. The van der Waals surface area contributed by atoms with E-state index in [1.807, 2.05) is 0 Å². The van der Waals surface area contributed by atoms with E-state index in [-0.39, 0.29) is 28.5 Å². The van der Waals surface area contributed by atoms with Gasteiger partial charge in [0.1, 0.15) is 0 Å². The predicted molar refractivity (Wildman–Crippen MR) is 36.3 cm³/mol. The molecule has 0 N–H and O–H groups in total. The van der Waals surface area contributed by atoms with Crippen LogP contribution in [0.5, 0.6) is 0 Å². The van der Waals surface area contributed by atoms with E-state index in [2.05, 4.69) is 19.1 Å². The first kappa shape index (κ1) is 15.9. The second kappa shape index (κ2) is 15.7. The van der Waals surface area contributed by atoms with Crippen molar-refractivity contribution in [2.24, 2.45) is 0 Å². The first-order chi connectivity index (χ1) is 3.41. The van der Waals surface area contributed by atoms with Crippen LogP contribution in [0.15, 0.2) is 18.2 Å². The molecule has 0 radical (unpaired) electrons. The minimum Gasteiger partial charge on any atom is -0.550 e. The van der Waals surface area contributed by atoms with Crippen LogP contribution >= 0.6 is 0 Å². The van der Waals surface area contributed by atoms with E-state index >= 15 is 0 Å². The molecular formula is C8H9Pt-5. The minimum atomic E-state index is 0. The molecule has 0 heterocycles. The van der Waals surface area contributed by atoms with E-state index in [9.17, 15) is 0 Å². The second-order valence-corrected chi connectivity index (χ2v) is 0.848. The zero-order valence-electron chi connectivity index (χ0n) is 5.33. The van der Waals surface area contributed by atoms with Crippen LogP contribution in [0.1, 0.15) is 0 Å². The van der Waals surface area contributed by atoms with Crippen molar-refractivity contribution < 1.29 is 21.1 Å². The van der Waals surface area contributed by atoms with Gasteiger partial charge in [-0.3, -0.25) is 0 Å². The fraction of sp³-hybridized carbons (Fsp3) is 0.